The third kappa shape index (κ3) is 4.07. The third-order valence-electron chi connectivity index (χ3n) is 1.68. The van der Waals surface area contributed by atoms with Crippen LogP contribution in [0.25, 0.3) is 0 Å². The van der Waals surface area contributed by atoms with E-state index >= 15 is 0 Å². The highest BCUT2D eigenvalue weighted by atomic mass is 35.5. The summed E-state index contributed by atoms with van der Waals surface area (Å²) >= 11 is 1.70. The third-order valence-corrected chi connectivity index (χ3v) is 2.73. The van der Waals surface area contributed by atoms with Crippen LogP contribution in [0, 0.1) is 12.8 Å². The summed E-state index contributed by atoms with van der Waals surface area (Å²) in [4.78, 5) is 5.50. The van der Waals surface area contributed by atoms with Crippen LogP contribution in [0.2, 0.25) is 0 Å². The standard InChI is InChI=1S/C9H16N2S.ClH/c1-6(2)4-8(10)9-11-5-7(3)12-9;/h5-6,8H,4,10H2,1-3H3;1H/t8-;/m0./s1. The van der Waals surface area contributed by atoms with Gasteiger partial charge >= 0.3 is 0 Å². The molecule has 76 valence electrons. The molecule has 2 nitrogen and oxygen atoms in total. The monoisotopic (exact) mass is 220 g/mol. The lowest BCUT2D eigenvalue weighted by Crippen LogP contribution is -2.12. The number of hydrogen-bond donors (Lipinski definition) is 1. The minimum absolute atomic E-state index is 0. The number of aromatic nitrogens is 1. The Morgan fingerprint density at radius 3 is 2.54 bits per heavy atom. The Morgan fingerprint density at radius 1 is 1.54 bits per heavy atom. The summed E-state index contributed by atoms with van der Waals surface area (Å²) in [7, 11) is 0. The van der Waals surface area contributed by atoms with Crippen LogP contribution in [0.4, 0.5) is 0 Å². The van der Waals surface area contributed by atoms with Crippen molar-refractivity contribution in [2.45, 2.75) is 33.2 Å². The van der Waals surface area contributed by atoms with Gasteiger partial charge in [-0.25, -0.2) is 4.98 Å². The molecule has 0 saturated carbocycles. The van der Waals surface area contributed by atoms with Gasteiger partial charge < -0.3 is 5.73 Å². The fourth-order valence-electron chi connectivity index (χ4n) is 1.15. The molecule has 1 aromatic heterocycles. The molecule has 1 heterocycles. The Morgan fingerprint density at radius 2 is 2.15 bits per heavy atom. The summed E-state index contributed by atoms with van der Waals surface area (Å²) in [6, 6.07) is 0.128. The van der Waals surface area contributed by atoms with Crippen LogP contribution in [0.1, 0.15) is 36.2 Å². The second-order valence-corrected chi connectivity index (χ2v) is 4.81. The minimum atomic E-state index is 0. The zero-order valence-electron chi connectivity index (χ0n) is 8.28. The first-order valence-electron chi connectivity index (χ1n) is 4.27. The van der Waals surface area contributed by atoms with Crippen LogP contribution in [0.15, 0.2) is 6.20 Å². The predicted octanol–water partition coefficient (Wildman–Crippen LogP) is 2.92. The molecule has 0 bridgehead atoms. The van der Waals surface area contributed by atoms with E-state index in [4.69, 9.17) is 5.73 Å². The first-order chi connectivity index (χ1) is 5.59. The summed E-state index contributed by atoms with van der Waals surface area (Å²) in [5.41, 5.74) is 5.96. The second-order valence-electron chi connectivity index (χ2n) is 3.55. The van der Waals surface area contributed by atoms with Crippen LogP contribution < -0.4 is 5.73 Å². The van der Waals surface area contributed by atoms with E-state index in [9.17, 15) is 0 Å². The van der Waals surface area contributed by atoms with E-state index in [0.717, 1.165) is 11.4 Å². The molecule has 0 radical (unpaired) electrons. The number of nitrogens with zero attached hydrogens (tertiary/aromatic N) is 1. The highest BCUT2D eigenvalue weighted by Gasteiger charge is 2.10. The zero-order chi connectivity index (χ0) is 9.14. The number of rotatable bonds is 3. The molecule has 0 unspecified atom stereocenters. The molecule has 0 saturated heterocycles. The lowest BCUT2D eigenvalue weighted by atomic mass is 10.1. The Hall–Kier alpha value is -0.120. The SMILES string of the molecule is Cc1cnc([C@@H](N)CC(C)C)s1.Cl. The van der Waals surface area contributed by atoms with Gasteiger partial charge in [0.15, 0.2) is 0 Å². The van der Waals surface area contributed by atoms with Crippen molar-refractivity contribution in [3.8, 4) is 0 Å². The molecule has 1 aromatic rings. The number of aryl methyl sites for hydroxylation is 1. The Balaban J connectivity index is 0.00000144. The average molecular weight is 221 g/mol. The van der Waals surface area contributed by atoms with Crippen molar-refractivity contribution in [2.75, 3.05) is 0 Å². The highest BCUT2D eigenvalue weighted by molar-refractivity contribution is 7.11. The van der Waals surface area contributed by atoms with Gasteiger partial charge in [0.1, 0.15) is 5.01 Å². The summed E-state index contributed by atoms with van der Waals surface area (Å²) in [6.45, 7) is 6.42. The number of nitrogens with two attached hydrogens (primary N) is 1. The molecule has 0 aromatic carbocycles. The molecule has 1 rings (SSSR count). The van der Waals surface area contributed by atoms with Gasteiger partial charge in [-0.05, 0) is 19.3 Å². The first-order valence-corrected chi connectivity index (χ1v) is 5.09. The van der Waals surface area contributed by atoms with Gasteiger partial charge in [-0.2, -0.15) is 0 Å². The molecule has 13 heavy (non-hydrogen) atoms. The zero-order valence-corrected chi connectivity index (χ0v) is 9.91. The van der Waals surface area contributed by atoms with Gasteiger partial charge in [-0.3, -0.25) is 0 Å². The van der Waals surface area contributed by atoms with Crippen molar-refractivity contribution >= 4 is 23.7 Å². The van der Waals surface area contributed by atoms with Gasteiger partial charge in [0.25, 0.3) is 0 Å². The maximum absolute atomic E-state index is 5.96. The highest BCUT2D eigenvalue weighted by Crippen LogP contribution is 2.22. The first kappa shape index (κ1) is 12.9. The molecule has 0 amide bonds. The van der Waals surface area contributed by atoms with E-state index in [0.29, 0.717) is 5.92 Å². The van der Waals surface area contributed by atoms with Gasteiger partial charge in [0, 0.05) is 11.1 Å². The topological polar surface area (TPSA) is 38.9 Å². The number of hydrogen-bond acceptors (Lipinski definition) is 3. The molecule has 0 spiro atoms. The van der Waals surface area contributed by atoms with Crippen LogP contribution in [-0.4, -0.2) is 4.98 Å². The molecule has 0 fully saturated rings. The van der Waals surface area contributed by atoms with Crippen molar-refractivity contribution in [1.29, 1.82) is 0 Å². The molecule has 1 atom stereocenters. The van der Waals surface area contributed by atoms with E-state index in [-0.39, 0.29) is 18.4 Å². The summed E-state index contributed by atoms with van der Waals surface area (Å²) in [5.74, 6) is 0.643. The fourth-order valence-corrected chi connectivity index (χ4v) is 1.94. The van der Waals surface area contributed by atoms with Gasteiger partial charge in [0.2, 0.25) is 0 Å². The lowest BCUT2D eigenvalue weighted by molar-refractivity contribution is 0.508. The van der Waals surface area contributed by atoms with Crippen molar-refractivity contribution in [3.05, 3.63) is 16.1 Å². The Labute approximate surface area is 90.0 Å². The summed E-state index contributed by atoms with van der Waals surface area (Å²) in [5, 5.41) is 1.07. The Bertz CT molecular complexity index is 248. The van der Waals surface area contributed by atoms with Crippen LogP contribution in [0.5, 0.6) is 0 Å². The van der Waals surface area contributed by atoms with E-state index in [1.54, 1.807) is 11.3 Å². The summed E-state index contributed by atoms with van der Waals surface area (Å²) in [6.07, 6.45) is 2.91. The van der Waals surface area contributed by atoms with E-state index in [1.165, 1.54) is 4.88 Å². The van der Waals surface area contributed by atoms with Crippen molar-refractivity contribution in [3.63, 3.8) is 0 Å². The van der Waals surface area contributed by atoms with Crippen LogP contribution in [-0.2, 0) is 0 Å². The molecule has 2 N–H and O–H groups in total. The second kappa shape index (κ2) is 5.58. The molecule has 0 aliphatic heterocycles. The maximum atomic E-state index is 5.96. The molecular weight excluding hydrogens is 204 g/mol. The van der Waals surface area contributed by atoms with Gasteiger partial charge in [0.05, 0.1) is 6.04 Å². The van der Waals surface area contributed by atoms with Crippen molar-refractivity contribution in [1.82, 2.24) is 4.98 Å². The van der Waals surface area contributed by atoms with Crippen molar-refractivity contribution in [2.24, 2.45) is 11.7 Å². The molecule has 0 aliphatic rings. The predicted molar refractivity (Wildman–Crippen MR) is 60.5 cm³/mol. The number of thiazole rings is 1. The van der Waals surface area contributed by atoms with Gasteiger partial charge in [-0.15, -0.1) is 23.7 Å². The van der Waals surface area contributed by atoms with Gasteiger partial charge in [-0.1, -0.05) is 13.8 Å². The summed E-state index contributed by atoms with van der Waals surface area (Å²) < 4.78 is 0. The quantitative estimate of drug-likeness (QED) is 0.851. The van der Waals surface area contributed by atoms with Crippen LogP contribution >= 0.6 is 23.7 Å². The number of halogens is 1. The normalized spacial score (nSPS) is 12.7. The average Bonchev–Trinajstić information content (AvgIpc) is 2.34. The molecule has 0 aliphatic carbocycles. The fraction of sp³-hybridized carbons (Fsp3) is 0.667. The lowest BCUT2D eigenvalue weighted by Gasteiger charge is -2.10. The van der Waals surface area contributed by atoms with Crippen LogP contribution in [0.3, 0.4) is 0 Å². The molecule has 4 heteroatoms. The Kier molecular flexibility index (Phi) is 5.53. The van der Waals surface area contributed by atoms with E-state index < -0.39 is 0 Å². The largest absolute Gasteiger partial charge is 0.322 e. The molecular formula is C9H17ClN2S. The van der Waals surface area contributed by atoms with E-state index in [2.05, 4.69) is 25.8 Å². The smallest absolute Gasteiger partial charge is 0.110 e. The minimum Gasteiger partial charge on any atom is -0.322 e. The van der Waals surface area contributed by atoms with E-state index in [1.807, 2.05) is 6.20 Å². The maximum Gasteiger partial charge on any atom is 0.110 e. The van der Waals surface area contributed by atoms with Crippen molar-refractivity contribution < 1.29 is 0 Å².